The van der Waals surface area contributed by atoms with Crippen LogP contribution in [0.25, 0.3) is 28.1 Å². The first kappa shape index (κ1) is 14.1. The summed E-state index contributed by atoms with van der Waals surface area (Å²) in [7, 11) is 0. The minimum Gasteiger partial charge on any atom is -0.476 e. The average molecular weight is 325 g/mol. The Balaban J connectivity index is 1.75. The van der Waals surface area contributed by atoms with E-state index in [4.69, 9.17) is 9.15 Å². The standard InChI is InChI=1S/C17H15N3O2S/c1-23-9-8-21-17-7-6-16-18-11-13(20(16)19-17)15-10-12-4-2-3-5-14(12)22-15/h2-7,10-11H,8-9H2,1H3. The summed E-state index contributed by atoms with van der Waals surface area (Å²) in [6.45, 7) is 0.633. The van der Waals surface area contributed by atoms with Gasteiger partial charge in [0, 0.05) is 17.2 Å². The zero-order chi connectivity index (χ0) is 15.6. The van der Waals surface area contributed by atoms with Gasteiger partial charge in [-0.15, -0.1) is 5.10 Å². The van der Waals surface area contributed by atoms with Crippen molar-refractivity contribution in [2.45, 2.75) is 0 Å². The number of fused-ring (bicyclic) bond motifs is 2. The maximum atomic E-state index is 5.91. The Morgan fingerprint density at radius 1 is 1.22 bits per heavy atom. The molecule has 6 heteroatoms. The van der Waals surface area contributed by atoms with Gasteiger partial charge in [-0.3, -0.25) is 0 Å². The molecule has 0 aliphatic carbocycles. The van der Waals surface area contributed by atoms with E-state index < -0.39 is 0 Å². The van der Waals surface area contributed by atoms with Crippen LogP contribution >= 0.6 is 11.8 Å². The molecule has 0 radical (unpaired) electrons. The predicted molar refractivity (Wildman–Crippen MR) is 92.1 cm³/mol. The van der Waals surface area contributed by atoms with Crippen LogP contribution in [0, 0.1) is 0 Å². The van der Waals surface area contributed by atoms with Crippen LogP contribution in [0.1, 0.15) is 0 Å². The largest absolute Gasteiger partial charge is 0.476 e. The van der Waals surface area contributed by atoms with Gasteiger partial charge in [-0.1, -0.05) is 18.2 Å². The normalized spacial score (nSPS) is 11.3. The first-order chi connectivity index (χ1) is 11.3. The molecule has 3 heterocycles. The van der Waals surface area contributed by atoms with Crippen LogP contribution in [0.2, 0.25) is 0 Å². The van der Waals surface area contributed by atoms with E-state index in [1.54, 1.807) is 22.5 Å². The van der Waals surface area contributed by atoms with Crippen LogP contribution in [-0.4, -0.2) is 33.2 Å². The molecule has 0 amide bonds. The van der Waals surface area contributed by atoms with E-state index in [0.717, 1.165) is 33.8 Å². The van der Waals surface area contributed by atoms with E-state index in [9.17, 15) is 0 Å². The molecule has 0 bridgehead atoms. The lowest BCUT2D eigenvalue weighted by Crippen LogP contribution is -2.04. The highest BCUT2D eigenvalue weighted by Gasteiger charge is 2.13. The minimum atomic E-state index is 0.585. The fourth-order valence-corrected chi connectivity index (χ4v) is 2.69. The fraction of sp³-hybridized carbons (Fsp3) is 0.176. The maximum Gasteiger partial charge on any atom is 0.231 e. The molecule has 0 saturated heterocycles. The zero-order valence-corrected chi connectivity index (χ0v) is 13.4. The number of thioether (sulfide) groups is 1. The summed E-state index contributed by atoms with van der Waals surface area (Å²) in [6.07, 6.45) is 3.82. The van der Waals surface area contributed by atoms with Gasteiger partial charge in [0.05, 0.1) is 12.8 Å². The van der Waals surface area contributed by atoms with Gasteiger partial charge in [-0.25, -0.2) is 9.50 Å². The molecule has 0 saturated carbocycles. The van der Waals surface area contributed by atoms with E-state index in [-0.39, 0.29) is 0 Å². The van der Waals surface area contributed by atoms with Crippen LogP contribution < -0.4 is 4.74 Å². The first-order valence-electron chi connectivity index (χ1n) is 7.30. The van der Waals surface area contributed by atoms with E-state index in [0.29, 0.717) is 12.5 Å². The van der Waals surface area contributed by atoms with Crippen LogP contribution in [0.4, 0.5) is 0 Å². The highest BCUT2D eigenvalue weighted by Crippen LogP contribution is 2.28. The Kier molecular flexibility index (Phi) is 3.67. The summed E-state index contributed by atoms with van der Waals surface area (Å²) in [6, 6.07) is 13.7. The second kappa shape index (κ2) is 5.96. The molecule has 23 heavy (non-hydrogen) atoms. The minimum absolute atomic E-state index is 0.585. The Morgan fingerprint density at radius 2 is 2.13 bits per heavy atom. The Labute approximate surface area is 137 Å². The van der Waals surface area contributed by atoms with Crippen molar-refractivity contribution < 1.29 is 9.15 Å². The van der Waals surface area contributed by atoms with Crippen molar-refractivity contribution in [1.29, 1.82) is 0 Å². The lowest BCUT2D eigenvalue weighted by Gasteiger charge is -2.05. The highest BCUT2D eigenvalue weighted by molar-refractivity contribution is 7.98. The quantitative estimate of drug-likeness (QED) is 0.521. The number of benzene rings is 1. The number of imidazole rings is 1. The molecule has 1 aromatic carbocycles. The van der Waals surface area contributed by atoms with Crippen molar-refractivity contribution in [1.82, 2.24) is 14.6 Å². The molecular weight excluding hydrogens is 310 g/mol. The van der Waals surface area contributed by atoms with Gasteiger partial charge in [0.2, 0.25) is 5.88 Å². The van der Waals surface area contributed by atoms with Gasteiger partial charge < -0.3 is 9.15 Å². The molecule has 3 aromatic heterocycles. The number of nitrogens with zero attached hydrogens (tertiary/aromatic N) is 3. The van der Waals surface area contributed by atoms with E-state index in [2.05, 4.69) is 16.3 Å². The number of para-hydroxylation sites is 1. The van der Waals surface area contributed by atoms with Crippen LogP contribution in [0.5, 0.6) is 5.88 Å². The van der Waals surface area contributed by atoms with Crippen LogP contribution in [0.3, 0.4) is 0 Å². The first-order valence-corrected chi connectivity index (χ1v) is 8.70. The molecular formula is C17H15N3O2S. The molecule has 4 aromatic rings. The monoisotopic (exact) mass is 325 g/mol. The summed E-state index contributed by atoms with van der Waals surface area (Å²) in [4.78, 5) is 4.38. The SMILES string of the molecule is CSCCOc1ccc2ncc(-c3cc4ccccc4o3)n2n1. The van der Waals surface area contributed by atoms with E-state index >= 15 is 0 Å². The van der Waals surface area contributed by atoms with Crippen LogP contribution in [0.15, 0.2) is 53.1 Å². The Hall–Kier alpha value is -2.47. The highest BCUT2D eigenvalue weighted by atomic mass is 32.2. The molecule has 0 aliphatic rings. The van der Waals surface area contributed by atoms with Crippen molar-refractivity contribution in [3.8, 4) is 17.3 Å². The Bertz CT molecular complexity index is 928. The molecule has 0 unspecified atom stereocenters. The maximum absolute atomic E-state index is 5.91. The second-order valence-corrected chi connectivity index (χ2v) is 6.06. The average Bonchev–Trinajstić information content (AvgIpc) is 3.18. The third-order valence-corrected chi connectivity index (χ3v) is 4.13. The zero-order valence-electron chi connectivity index (χ0n) is 12.6. The molecule has 5 nitrogen and oxygen atoms in total. The van der Waals surface area contributed by atoms with Crippen molar-refractivity contribution in [2.24, 2.45) is 0 Å². The smallest absolute Gasteiger partial charge is 0.231 e. The van der Waals surface area contributed by atoms with Crippen molar-refractivity contribution in [3.05, 3.63) is 48.7 Å². The summed E-state index contributed by atoms with van der Waals surface area (Å²) in [5.74, 6) is 2.26. The van der Waals surface area contributed by atoms with Gasteiger partial charge in [0.25, 0.3) is 0 Å². The van der Waals surface area contributed by atoms with E-state index in [1.807, 2.05) is 42.5 Å². The van der Waals surface area contributed by atoms with Gasteiger partial charge in [0.1, 0.15) is 11.3 Å². The number of furan rings is 1. The number of rotatable bonds is 5. The molecule has 0 aliphatic heterocycles. The van der Waals surface area contributed by atoms with Gasteiger partial charge >= 0.3 is 0 Å². The van der Waals surface area contributed by atoms with Gasteiger partial charge in [-0.05, 0) is 24.5 Å². The molecule has 4 rings (SSSR count). The van der Waals surface area contributed by atoms with Crippen molar-refractivity contribution >= 4 is 28.4 Å². The lowest BCUT2D eigenvalue weighted by atomic mass is 10.2. The summed E-state index contributed by atoms with van der Waals surface area (Å²) >= 11 is 1.74. The summed E-state index contributed by atoms with van der Waals surface area (Å²) in [5.41, 5.74) is 2.43. The second-order valence-electron chi connectivity index (χ2n) is 5.07. The number of ether oxygens (including phenoxy) is 1. The third-order valence-electron chi connectivity index (χ3n) is 3.55. The number of aromatic nitrogens is 3. The summed E-state index contributed by atoms with van der Waals surface area (Å²) < 4.78 is 13.3. The molecule has 116 valence electrons. The lowest BCUT2D eigenvalue weighted by molar-refractivity contribution is 0.325. The van der Waals surface area contributed by atoms with Crippen molar-refractivity contribution in [2.75, 3.05) is 18.6 Å². The van der Waals surface area contributed by atoms with Crippen LogP contribution in [-0.2, 0) is 0 Å². The van der Waals surface area contributed by atoms with E-state index in [1.165, 1.54) is 0 Å². The topological polar surface area (TPSA) is 52.6 Å². The Morgan fingerprint density at radius 3 is 3.00 bits per heavy atom. The molecule has 0 fully saturated rings. The van der Waals surface area contributed by atoms with Gasteiger partial charge in [-0.2, -0.15) is 11.8 Å². The molecule has 0 spiro atoms. The predicted octanol–water partition coefficient (Wildman–Crippen LogP) is 3.88. The molecule has 0 N–H and O–H groups in total. The van der Waals surface area contributed by atoms with Gasteiger partial charge in [0.15, 0.2) is 11.4 Å². The molecule has 0 atom stereocenters. The fourth-order valence-electron chi connectivity index (χ4n) is 2.44. The number of hydrogen-bond acceptors (Lipinski definition) is 5. The summed E-state index contributed by atoms with van der Waals surface area (Å²) in [5, 5.41) is 5.58. The number of hydrogen-bond donors (Lipinski definition) is 0. The van der Waals surface area contributed by atoms with Crippen molar-refractivity contribution in [3.63, 3.8) is 0 Å². The third kappa shape index (κ3) is 2.66.